The van der Waals surface area contributed by atoms with Gasteiger partial charge in [-0.05, 0) is 72.9 Å². The molecule has 0 spiro atoms. The van der Waals surface area contributed by atoms with Crippen molar-refractivity contribution in [2.24, 2.45) is 5.92 Å². The lowest BCUT2D eigenvalue weighted by atomic mass is 9.95. The molecule has 0 saturated carbocycles. The Morgan fingerprint density at radius 1 is 1.35 bits per heavy atom. The Morgan fingerprint density at radius 3 is 2.48 bits per heavy atom. The number of likely N-dealkylation sites (tertiary alicyclic amines) is 1. The van der Waals surface area contributed by atoms with Crippen LogP contribution in [0.3, 0.4) is 0 Å². The lowest BCUT2D eigenvalue weighted by Crippen LogP contribution is -2.44. The van der Waals surface area contributed by atoms with Gasteiger partial charge < -0.3 is 14.6 Å². The third-order valence-corrected chi connectivity index (χ3v) is 4.81. The molecule has 130 valence electrons. The highest BCUT2D eigenvalue weighted by Crippen LogP contribution is 2.22. The largest absolute Gasteiger partial charge is 0.465 e. The number of hydrogen-bond donors (Lipinski definition) is 1. The summed E-state index contributed by atoms with van der Waals surface area (Å²) < 4.78 is 5.73. The number of rotatable bonds is 6. The normalized spacial score (nSPS) is 18.6. The van der Waals surface area contributed by atoms with Gasteiger partial charge in [0.05, 0.1) is 6.04 Å². The maximum absolute atomic E-state index is 12.5. The summed E-state index contributed by atoms with van der Waals surface area (Å²) in [6.07, 6.45) is 1.91. The molecule has 23 heavy (non-hydrogen) atoms. The number of carbonyl (C=O) groups excluding carboxylic acids is 1. The zero-order valence-electron chi connectivity index (χ0n) is 15.1. The molecule has 1 aromatic rings. The summed E-state index contributed by atoms with van der Waals surface area (Å²) in [6.45, 7) is 9.00. The molecule has 1 atom stereocenters. The van der Waals surface area contributed by atoms with Gasteiger partial charge in [0.15, 0.2) is 0 Å². The zero-order valence-corrected chi connectivity index (χ0v) is 15.1. The predicted molar refractivity (Wildman–Crippen MR) is 92.3 cm³/mol. The van der Waals surface area contributed by atoms with Crippen LogP contribution in [0.25, 0.3) is 0 Å². The molecule has 2 heterocycles. The van der Waals surface area contributed by atoms with Crippen LogP contribution in [0.5, 0.6) is 0 Å². The summed E-state index contributed by atoms with van der Waals surface area (Å²) in [6, 6.07) is 4.60. The van der Waals surface area contributed by atoms with Crippen molar-refractivity contribution in [3.8, 4) is 0 Å². The van der Waals surface area contributed by atoms with Gasteiger partial charge in [-0.2, -0.15) is 0 Å². The first-order chi connectivity index (χ1) is 10.9. The molecular formula is C18H31N3O2. The summed E-state index contributed by atoms with van der Waals surface area (Å²) in [5, 5.41) is 3.13. The molecule has 5 heteroatoms. The third kappa shape index (κ3) is 4.82. The topological polar surface area (TPSA) is 48.7 Å². The van der Waals surface area contributed by atoms with Gasteiger partial charge >= 0.3 is 0 Å². The fourth-order valence-electron chi connectivity index (χ4n) is 3.19. The summed E-state index contributed by atoms with van der Waals surface area (Å²) >= 11 is 0. The van der Waals surface area contributed by atoms with Crippen LogP contribution >= 0.6 is 0 Å². The second-order valence-corrected chi connectivity index (χ2v) is 7.08. The van der Waals surface area contributed by atoms with Crippen molar-refractivity contribution < 1.29 is 9.21 Å². The number of nitrogens with one attached hydrogen (secondary N) is 1. The predicted octanol–water partition coefficient (Wildman–Crippen LogP) is 2.43. The standard InChI is InChI=1S/C18H31N3O2/c1-13(2)21-10-8-15(9-11-21)18(22)19-12-16(20(4)5)17-7-6-14(3)23-17/h6-7,13,15-16H,8-12H2,1-5H3,(H,19,22). The van der Waals surface area contributed by atoms with Gasteiger partial charge in [-0.25, -0.2) is 0 Å². The first-order valence-electron chi connectivity index (χ1n) is 8.63. The molecule has 1 saturated heterocycles. The van der Waals surface area contributed by atoms with Crippen LogP contribution in [0, 0.1) is 12.8 Å². The number of carbonyl (C=O) groups is 1. The van der Waals surface area contributed by atoms with Gasteiger partial charge in [0.2, 0.25) is 5.91 Å². The van der Waals surface area contributed by atoms with Crippen molar-refractivity contribution in [2.75, 3.05) is 33.7 Å². The van der Waals surface area contributed by atoms with Gasteiger partial charge in [0.25, 0.3) is 0 Å². The Hall–Kier alpha value is -1.33. The average Bonchev–Trinajstić information content (AvgIpc) is 2.93. The minimum absolute atomic E-state index is 0.0726. The first kappa shape index (κ1) is 18.0. The van der Waals surface area contributed by atoms with Crippen LogP contribution in [-0.4, -0.2) is 55.5 Å². The van der Waals surface area contributed by atoms with Crippen molar-refractivity contribution in [3.05, 3.63) is 23.7 Å². The van der Waals surface area contributed by atoms with Crippen molar-refractivity contribution in [1.29, 1.82) is 0 Å². The van der Waals surface area contributed by atoms with Crippen LogP contribution in [0.2, 0.25) is 0 Å². The molecule has 1 amide bonds. The summed E-state index contributed by atoms with van der Waals surface area (Å²) in [5.41, 5.74) is 0. The molecule has 0 aliphatic carbocycles. The van der Waals surface area contributed by atoms with Crippen molar-refractivity contribution in [1.82, 2.24) is 15.1 Å². The maximum atomic E-state index is 12.5. The van der Waals surface area contributed by atoms with Crippen LogP contribution in [0.1, 0.15) is 44.3 Å². The zero-order chi connectivity index (χ0) is 17.0. The summed E-state index contributed by atoms with van der Waals surface area (Å²) in [4.78, 5) is 17.0. The number of aryl methyl sites for hydroxylation is 1. The molecule has 1 aliphatic rings. The highest BCUT2D eigenvalue weighted by atomic mass is 16.3. The molecule has 2 rings (SSSR count). The molecule has 0 aromatic carbocycles. The number of nitrogens with zero attached hydrogens (tertiary/aromatic N) is 2. The minimum Gasteiger partial charge on any atom is -0.465 e. The Bertz CT molecular complexity index is 502. The summed E-state index contributed by atoms with van der Waals surface area (Å²) in [5.74, 6) is 2.14. The smallest absolute Gasteiger partial charge is 0.223 e. The van der Waals surface area contributed by atoms with Crippen LogP contribution < -0.4 is 5.32 Å². The van der Waals surface area contributed by atoms with E-state index in [1.165, 1.54) is 0 Å². The fourth-order valence-corrected chi connectivity index (χ4v) is 3.19. The summed E-state index contributed by atoms with van der Waals surface area (Å²) in [7, 11) is 4.02. The van der Waals surface area contributed by atoms with Crippen molar-refractivity contribution in [3.63, 3.8) is 0 Å². The van der Waals surface area contributed by atoms with Gasteiger partial charge in [0.1, 0.15) is 11.5 Å². The first-order valence-corrected chi connectivity index (χ1v) is 8.63. The number of piperidine rings is 1. The molecule has 1 fully saturated rings. The second kappa shape index (κ2) is 7.97. The molecular weight excluding hydrogens is 290 g/mol. The average molecular weight is 321 g/mol. The van der Waals surface area contributed by atoms with Gasteiger partial charge in [0, 0.05) is 18.5 Å². The van der Waals surface area contributed by atoms with Gasteiger partial charge in [-0.1, -0.05) is 0 Å². The third-order valence-electron chi connectivity index (χ3n) is 4.81. The van der Waals surface area contributed by atoms with E-state index in [1.807, 2.05) is 33.2 Å². The second-order valence-electron chi connectivity index (χ2n) is 7.08. The SMILES string of the molecule is Cc1ccc(C(CNC(=O)C2CCN(C(C)C)CC2)N(C)C)o1. The highest BCUT2D eigenvalue weighted by molar-refractivity contribution is 5.78. The van der Waals surface area contributed by atoms with E-state index in [-0.39, 0.29) is 17.9 Å². The van der Waals surface area contributed by atoms with E-state index < -0.39 is 0 Å². The number of hydrogen-bond acceptors (Lipinski definition) is 4. The monoisotopic (exact) mass is 321 g/mol. The molecule has 1 N–H and O–H groups in total. The molecule has 5 nitrogen and oxygen atoms in total. The molecule has 1 unspecified atom stereocenters. The number of amides is 1. The van der Waals surface area contributed by atoms with E-state index in [1.54, 1.807) is 0 Å². The van der Waals surface area contributed by atoms with E-state index in [0.717, 1.165) is 37.5 Å². The van der Waals surface area contributed by atoms with E-state index in [2.05, 4.69) is 29.0 Å². The fraction of sp³-hybridized carbons (Fsp3) is 0.722. The van der Waals surface area contributed by atoms with Crippen molar-refractivity contribution in [2.45, 2.75) is 45.7 Å². The Labute approximate surface area is 140 Å². The van der Waals surface area contributed by atoms with Gasteiger partial charge in [-0.3, -0.25) is 9.69 Å². The van der Waals surface area contributed by atoms with Crippen LogP contribution in [-0.2, 0) is 4.79 Å². The Balaban J connectivity index is 1.85. The van der Waals surface area contributed by atoms with Crippen molar-refractivity contribution >= 4 is 5.91 Å². The quantitative estimate of drug-likeness (QED) is 0.874. The lowest BCUT2D eigenvalue weighted by Gasteiger charge is -2.34. The van der Waals surface area contributed by atoms with E-state index >= 15 is 0 Å². The van der Waals surface area contributed by atoms with Crippen LogP contribution in [0.15, 0.2) is 16.5 Å². The Kier molecular flexibility index (Phi) is 6.25. The van der Waals surface area contributed by atoms with E-state index in [9.17, 15) is 4.79 Å². The Morgan fingerprint density at radius 2 is 2.00 bits per heavy atom. The molecule has 0 bridgehead atoms. The van der Waals surface area contributed by atoms with Crippen LogP contribution in [0.4, 0.5) is 0 Å². The molecule has 1 aliphatic heterocycles. The maximum Gasteiger partial charge on any atom is 0.223 e. The molecule has 0 radical (unpaired) electrons. The van der Waals surface area contributed by atoms with E-state index in [0.29, 0.717) is 12.6 Å². The molecule has 1 aromatic heterocycles. The number of furan rings is 1. The lowest BCUT2D eigenvalue weighted by molar-refractivity contribution is -0.126. The minimum atomic E-state index is 0.0726. The number of likely N-dealkylation sites (N-methyl/N-ethyl adjacent to an activating group) is 1. The van der Waals surface area contributed by atoms with Gasteiger partial charge in [-0.15, -0.1) is 0 Å². The highest BCUT2D eigenvalue weighted by Gasteiger charge is 2.27. The van der Waals surface area contributed by atoms with E-state index in [4.69, 9.17) is 4.42 Å².